The molecule has 0 aromatic rings. The molecule has 1 aliphatic heterocycles. The van der Waals surface area contributed by atoms with E-state index in [0.717, 1.165) is 27.7 Å². The number of esters is 4. The second-order valence-corrected chi connectivity index (χ2v) is 5.05. The summed E-state index contributed by atoms with van der Waals surface area (Å²) < 4.78 is 38.7. The van der Waals surface area contributed by atoms with Crippen LogP contribution in [0.1, 0.15) is 27.7 Å². The lowest BCUT2D eigenvalue weighted by molar-refractivity contribution is -0.277. The van der Waals surface area contributed by atoms with Crippen molar-refractivity contribution in [3.63, 3.8) is 0 Å². The maximum Gasteiger partial charge on any atom is 0.303 e. The average Bonchev–Trinajstić information content (AvgIpc) is 2.42. The molecular weight excluding hydrogens is 331 g/mol. The standard InChI is InChI=1S/C14H19FO9/c1-6(16)20-5-10-11(21-7(2)17)12(22-8(3)18)13(14(15)24-10)23-9(4)19/h10-14H,5H2,1-4H3/t10?,11-,12?,13?,14-/m1/s1. The van der Waals surface area contributed by atoms with E-state index < -0.39 is 61.3 Å². The Kier molecular flexibility index (Phi) is 7.08. The molecule has 1 rings (SSSR count). The normalized spacial score (nSPS) is 29.3. The van der Waals surface area contributed by atoms with Gasteiger partial charge in [-0.1, -0.05) is 0 Å². The summed E-state index contributed by atoms with van der Waals surface area (Å²) in [6.45, 7) is 3.85. The van der Waals surface area contributed by atoms with E-state index in [1.807, 2.05) is 0 Å². The molecule has 3 unspecified atom stereocenters. The minimum atomic E-state index is -2.18. The number of carbonyl (C=O) groups is 4. The molecular formula is C14H19FO9. The van der Waals surface area contributed by atoms with Gasteiger partial charge >= 0.3 is 23.9 Å². The van der Waals surface area contributed by atoms with Crippen LogP contribution in [0.4, 0.5) is 4.39 Å². The lowest BCUT2D eigenvalue weighted by Gasteiger charge is -2.41. The van der Waals surface area contributed by atoms with Gasteiger partial charge in [-0.25, -0.2) is 4.39 Å². The van der Waals surface area contributed by atoms with Gasteiger partial charge in [-0.05, 0) is 0 Å². The minimum Gasteiger partial charge on any atom is -0.463 e. The van der Waals surface area contributed by atoms with Crippen LogP contribution in [-0.4, -0.2) is 61.3 Å². The summed E-state index contributed by atoms with van der Waals surface area (Å²) >= 11 is 0. The summed E-state index contributed by atoms with van der Waals surface area (Å²) in [4.78, 5) is 44.7. The van der Waals surface area contributed by atoms with Gasteiger partial charge in [0.25, 0.3) is 0 Å². The highest BCUT2D eigenvalue weighted by atomic mass is 19.1. The Balaban J connectivity index is 3.11. The Hall–Kier alpha value is -2.23. The van der Waals surface area contributed by atoms with Crippen LogP contribution in [0.5, 0.6) is 0 Å². The zero-order valence-corrected chi connectivity index (χ0v) is 13.6. The van der Waals surface area contributed by atoms with Gasteiger partial charge in [0.1, 0.15) is 12.7 Å². The summed E-state index contributed by atoms with van der Waals surface area (Å²) in [5.41, 5.74) is 0. The van der Waals surface area contributed by atoms with E-state index in [4.69, 9.17) is 23.7 Å². The quantitative estimate of drug-likeness (QED) is 0.500. The summed E-state index contributed by atoms with van der Waals surface area (Å²) in [7, 11) is 0. The third-order valence-electron chi connectivity index (χ3n) is 2.93. The van der Waals surface area contributed by atoms with Crippen molar-refractivity contribution in [2.45, 2.75) is 58.5 Å². The molecule has 0 amide bonds. The van der Waals surface area contributed by atoms with Crippen molar-refractivity contribution in [2.24, 2.45) is 0 Å². The first-order valence-corrected chi connectivity index (χ1v) is 7.06. The van der Waals surface area contributed by atoms with Gasteiger partial charge in [0.05, 0.1) is 0 Å². The second kappa shape index (κ2) is 8.57. The van der Waals surface area contributed by atoms with Gasteiger partial charge in [-0.2, -0.15) is 0 Å². The molecule has 0 N–H and O–H groups in total. The Morgan fingerprint density at radius 1 is 0.792 bits per heavy atom. The van der Waals surface area contributed by atoms with Crippen LogP contribution in [0, 0.1) is 0 Å². The van der Waals surface area contributed by atoms with Gasteiger partial charge in [0.2, 0.25) is 6.36 Å². The van der Waals surface area contributed by atoms with E-state index in [1.165, 1.54) is 0 Å². The van der Waals surface area contributed by atoms with Gasteiger partial charge in [-0.3, -0.25) is 19.2 Å². The molecule has 1 aliphatic rings. The molecule has 24 heavy (non-hydrogen) atoms. The Morgan fingerprint density at radius 2 is 1.25 bits per heavy atom. The van der Waals surface area contributed by atoms with Crippen LogP contribution < -0.4 is 0 Å². The number of carbonyl (C=O) groups excluding carboxylic acids is 4. The van der Waals surface area contributed by atoms with Crippen molar-refractivity contribution >= 4 is 23.9 Å². The number of rotatable bonds is 5. The fourth-order valence-electron chi connectivity index (χ4n) is 2.18. The van der Waals surface area contributed by atoms with Crippen LogP contribution >= 0.6 is 0 Å². The number of halogens is 1. The molecule has 0 aliphatic carbocycles. The Labute approximate surface area is 137 Å². The molecule has 0 radical (unpaired) electrons. The molecule has 0 saturated carbocycles. The molecule has 0 aromatic heterocycles. The molecule has 1 fully saturated rings. The van der Waals surface area contributed by atoms with Crippen molar-refractivity contribution in [3.8, 4) is 0 Å². The third-order valence-corrected chi connectivity index (χ3v) is 2.93. The zero-order valence-electron chi connectivity index (χ0n) is 13.6. The largest absolute Gasteiger partial charge is 0.463 e. The minimum absolute atomic E-state index is 0.446. The lowest BCUT2D eigenvalue weighted by Crippen LogP contribution is -2.61. The number of hydrogen-bond donors (Lipinski definition) is 0. The van der Waals surface area contributed by atoms with E-state index in [-0.39, 0.29) is 0 Å². The van der Waals surface area contributed by atoms with E-state index in [2.05, 4.69) is 0 Å². The molecule has 0 spiro atoms. The van der Waals surface area contributed by atoms with Gasteiger partial charge in [-0.15, -0.1) is 0 Å². The highest BCUT2D eigenvalue weighted by Crippen LogP contribution is 2.29. The average molecular weight is 350 g/mol. The molecule has 1 saturated heterocycles. The van der Waals surface area contributed by atoms with Gasteiger partial charge in [0, 0.05) is 27.7 Å². The molecule has 5 atom stereocenters. The van der Waals surface area contributed by atoms with Crippen molar-refractivity contribution < 1.29 is 47.3 Å². The molecule has 0 bridgehead atoms. The Bertz CT molecular complexity index is 506. The number of ether oxygens (including phenoxy) is 5. The first kappa shape index (κ1) is 19.8. The van der Waals surface area contributed by atoms with Crippen LogP contribution in [0.2, 0.25) is 0 Å². The molecule has 9 nitrogen and oxygen atoms in total. The van der Waals surface area contributed by atoms with Crippen molar-refractivity contribution in [2.75, 3.05) is 6.61 Å². The summed E-state index contributed by atoms with van der Waals surface area (Å²) in [5.74, 6) is -3.09. The summed E-state index contributed by atoms with van der Waals surface area (Å²) in [5, 5.41) is 0. The van der Waals surface area contributed by atoms with E-state index in [1.54, 1.807) is 0 Å². The molecule has 136 valence electrons. The summed E-state index contributed by atoms with van der Waals surface area (Å²) in [6, 6.07) is 0. The van der Waals surface area contributed by atoms with Crippen LogP contribution in [0.3, 0.4) is 0 Å². The van der Waals surface area contributed by atoms with E-state index in [9.17, 15) is 23.6 Å². The second-order valence-electron chi connectivity index (χ2n) is 5.05. The first-order valence-electron chi connectivity index (χ1n) is 7.06. The fourth-order valence-corrected chi connectivity index (χ4v) is 2.18. The number of alkyl halides is 1. The topological polar surface area (TPSA) is 114 Å². The predicted octanol–water partition coefficient (Wildman–Crippen LogP) is 0.0390. The van der Waals surface area contributed by atoms with Crippen molar-refractivity contribution in [1.82, 2.24) is 0 Å². The van der Waals surface area contributed by atoms with Crippen molar-refractivity contribution in [1.29, 1.82) is 0 Å². The van der Waals surface area contributed by atoms with Crippen LogP contribution in [-0.2, 0) is 42.9 Å². The SMILES string of the molecule is CC(=O)OCC1O[C@@H](F)C(OC(C)=O)C(OC(C)=O)[C@@H]1OC(C)=O. The van der Waals surface area contributed by atoms with Crippen molar-refractivity contribution in [3.05, 3.63) is 0 Å². The van der Waals surface area contributed by atoms with Gasteiger partial charge in [0.15, 0.2) is 18.3 Å². The predicted molar refractivity (Wildman–Crippen MR) is 73.1 cm³/mol. The molecule has 1 heterocycles. The van der Waals surface area contributed by atoms with E-state index in [0.29, 0.717) is 0 Å². The molecule has 0 aromatic carbocycles. The smallest absolute Gasteiger partial charge is 0.303 e. The van der Waals surface area contributed by atoms with E-state index >= 15 is 0 Å². The maximum absolute atomic E-state index is 14.2. The highest BCUT2D eigenvalue weighted by Gasteiger charge is 2.52. The number of hydrogen-bond acceptors (Lipinski definition) is 9. The lowest BCUT2D eigenvalue weighted by atomic mass is 9.98. The maximum atomic E-state index is 14.2. The van der Waals surface area contributed by atoms with Crippen LogP contribution in [0.15, 0.2) is 0 Å². The Morgan fingerprint density at radius 3 is 1.71 bits per heavy atom. The van der Waals surface area contributed by atoms with Gasteiger partial charge < -0.3 is 23.7 Å². The highest BCUT2D eigenvalue weighted by molar-refractivity contribution is 5.68. The molecule has 10 heteroatoms. The van der Waals surface area contributed by atoms with Crippen LogP contribution in [0.25, 0.3) is 0 Å². The monoisotopic (exact) mass is 350 g/mol. The summed E-state index contributed by atoms with van der Waals surface area (Å²) in [6.07, 6.45) is -7.85. The first-order chi connectivity index (χ1) is 11.1. The third kappa shape index (κ3) is 5.76. The fraction of sp³-hybridized carbons (Fsp3) is 0.714. The zero-order chi connectivity index (χ0) is 18.4.